The number of fused-ring (bicyclic) bond motifs is 1. The van der Waals surface area contributed by atoms with Crippen LogP contribution in [0.1, 0.15) is 55.2 Å². The maximum absolute atomic E-state index is 12.9. The molecular formula is C22H23BrClNO2. The van der Waals surface area contributed by atoms with Crippen LogP contribution in [0.15, 0.2) is 44.0 Å². The smallest absolute Gasteiger partial charge is 0.195 e. The highest BCUT2D eigenvalue weighted by Gasteiger charge is 2.19. The first-order chi connectivity index (χ1) is 12.7. The minimum absolute atomic E-state index is 0.0461. The number of benzene rings is 2. The average molecular weight is 449 g/mol. The van der Waals surface area contributed by atoms with E-state index in [-0.39, 0.29) is 17.4 Å². The number of aryl methyl sites for hydroxylation is 1. The molecule has 1 unspecified atom stereocenters. The molecule has 142 valence electrons. The average Bonchev–Trinajstić information content (AvgIpc) is 2.60. The van der Waals surface area contributed by atoms with Gasteiger partial charge in [0.2, 0.25) is 0 Å². The van der Waals surface area contributed by atoms with Gasteiger partial charge in [0.05, 0.1) is 11.4 Å². The quantitative estimate of drug-likeness (QED) is 0.462. The van der Waals surface area contributed by atoms with E-state index in [1.54, 1.807) is 0 Å². The van der Waals surface area contributed by atoms with E-state index in [9.17, 15) is 4.79 Å². The lowest BCUT2D eigenvalue weighted by molar-refractivity contribution is 0.499. The Morgan fingerprint density at radius 2 is 1.81 bits per heavy atom. The minimum Gasteiger partial charge on any atom is -0.460 e. The second-order valence-electron chi connectivity index (χ2n) is 7.30. The third-order valence-electron chi connectivity index (χ3n) is 4.72. The lowest BCUT2D eigenvalue weighted by Crippen LogP contribution is -2.14. The SMILES string of the molecule is Cc1cc(C(C)Nc2ccc(Cl)cc2Br)c2oc(C(C)C)c(C)c(=O)c2c1. The Morgan fingerprint density at radius 3 is 2.44 bits per heavy atom. The maximum Gasteiger partial charge on any atom is 0.195 e. The summed E-state index contributed by atoms with van der Waals surface area (Å²) < 4.78 is 7.14. The molecule has 3 aromatic rings. The number of halogens is 2. The summed E-state index contributed by atoms with van der Waals surface area (Å²) in [6.07, 6.45) is 0. The van der Waals surface area contributed by atoms with Crippen molar-refractivity contribution in [3.05, 3.63) is 72.5 Å². The molecule has 0 saturated carbocycles. The Bertz CT molecular complexity index is 1070. The fourth-order valence-electron chi connectivity index (χ4n) is 3.37. The first-order valence-corrected chi connectivity index (χ1v) is 10.2. The fourth-order valence-corrected chi connectivity index (χ4v) is 4.17. The molecule has 1 N–H and O–H groups in total. The van der Waals surface area contributed by atoms with E-state index in [2.05, 4.69) is 34.2 Å². The first kappa shape index (κ1) is 20.0. The minimum atomic E-state index is -0.0595. The molecular weight excluding hydrogens is 426 g/mol. The molecule has 0 spiro atoms. The molecule has 0 bridgehead atoms. The van der Waals surface area contributed by atoms with Crippen LogP contribution in [-0.2, 0) is 0 Å². The van der Waals surface area contributed by atoms with Crippen LogP contribution in [-0.4, -0.2) is 0 Å². The van der Waals surface area contributed by atoms with Crippen molar-refractivity contribution in [3.63, 3.8) is 0 Å². The number of hydrogen-bond donors (Lipinski definition) is 1. The van der Waals surface area contributed by atoms with E-state index in [1.165, 1.54) is 0 Å². The third-order valence-corrected chi connectivity index (χ3v) is 5.61. The van der Waals surface area contributed by atoms with Crippen LogP contribution < -0.4 is 10.7 Å². The monoisotopic (exact) mass is 447 g/mol. The van der Waals surface area contributed by atoms with E-state index in [0.717, 1.165) is 27.0 Å². The van der Waals surface area contributed by atoms with Crippen LogP contribution in [0.25, 0.3) is 11.0 Å². The number of anilines is 1. The van der Waals surface area contributed by atoms with Crippen molar-refractivity contribution in [3.8, 4) is 0 Å². The molecule has 0 saturated heterocycles. The second-order valence-corrected chi connectivity index (χ2v) is 8.59. The van der Waals surface area contributed by atoms with E-state index in [1.807, 2.05) is 52.0 Å². The molecule has 1 heterocycles. The van der Waals surface area contributed by atoms with E-state index < -0.39 is 0 Å². The molecule has 0 fully saturated rings. The normalized spacial score (nSPS) is 12.6. The molecule has 0 radical (unpaired) electrons. The topological polar surface area (TPSA) is 42.2 Å². The van der Waals surface area contributed by atoms with Crippen LogP contribution in [0, 0.1) is 13.8 Å². The highest BCUT2D eigenvalue weighted by atomic mass is 79.9. The van der Waals surface area contributed by atoms with Gasteiger partial charge in [-0.2, -0.15) is 0 Å². The Balaban J connectivity index is 2.16. The summed E-state index contributed by atoms with van der Waals surface area (Å²) in [4.78, 5) is 12.9. The summed E-state index contributed by atoms with van der Waals surface area (Å²) in [6, 6.07) is 9.55. The van der Waals surface area contributed by atoms with Gasteiger partial charge in [0.15, 0.2) is 5.43 Å². The van der Waals surface area contributed by atoms with Gasteiger partial charge in [-0.3, -0.25) is 4.79 Å². The lowest BCUT2D eigenvalue weighted by Gasteiger charge is -2.20. The first-order valence-electron chi connectivity index (χ1n) is 8.98. The zero-order valence-electron chi connectivity index (χ0n) is 16.1. The highest BCUT2D eigenvalue weighted by Crippen LogP contribution is 2.33. The van der Waals surface area contributed by atoms with E-state index in [0.29, 0.717) is 21.6 Å². The molecule has 27 heavy (non-hydrogen) atoms. The van der Waals surface area contributed by atoms with Crippen molar-refractivity contribution >= 4 is 44.2 Å². The molecule has 2 aromatic carbocycles. The predicted octanol–water partition coefficient (Wildman–Crippen LogP) is 7.12. The summed E-state index contributed by atoms with van der Waals surface area (Å²) in [7, 11) is 0. The van der Waals surface area contributed by atoms with Gasteiger partial charge in [-0.15, -0.1) is 0 Å². The Labute approximate surface area is 172 Å². The van der Waals surface area contributed by atoms with Crippen molar-refractivity contribution in [2.24, 2.45) is 0 Å². The van der Waals surface area contributed by atoms with Crippen molar-refractivity contribution in [2.45, 2.75) is 46.6 Å². The van der Waals surface area contributed by atoms with Crippen molar-refractivity contribution < 1.29 is 4.42 Å². The molecule has 3 nitrogen and oxygen atoms in total. The number of rotatable bonds is 4. The second kappa shape index (κ2) is 7.69. The van der Waals surface area contributed by atoms with Crippen molar-refractivity contribution in [1.82, 2.24) is 0 Å². The fraction of sp³-hybridized carbons (Fsp3) is 0.318. The van der Waals surface area contributed by atoms with Gasteiger partial charge in [-0.05, 0) is 66.5 Å². The van der Waals surface area contributed by atoms with Crippen LogP contribution in [0.2, 0.25) is 5.02 Å². The zero-order chi connectivity index (χ0) is 19.9. The van der Waals surface area contributed by atoms with Gasteiger partial charge in [0.25, 0.3) is 0 Å². The van der Waals surface area contributed by atoms with Crippen LogP contribution in [0.3, 0.4) is 0 Å². The molecule has 5 heteroatoms. The van der Waals surface area contributed by atoms with Crippen LogP contribution >= 0.6 is 27.5 Å². The zero-order valence-corrected chi connectivity index (χ0v) is 18.5. The molecule has 0 aliphatic heterocycles. The van der Waals surface area contributed by atoms with Gasteiger partial charge in [0, 0.05) is 32.2 Å². The summed E-state index contributed by atoms with van der Waals surface area (Å²) in [6.45, 7) is 9.98. The summed E-state index contributed by atoms with van der Waals surface area (Å²) in [5.74, 6) is 0.891. The van der Waals surface area contributed by atoms with E-state index in [4.69, 9.17) is 16.0 Å². The van der Waals surface area contributed by atoms with Gasteiger partial charge >= 0.3 is 0 Å². The van der Waals surface area contributed by atoms with Crippen molar-refractivity contribution in [1.29, 1.82) is 0 Å². The van der Waals surface area contributed by atoms with E-state index >= 15 is 0 Å². The van der Waals surface area contributed by atoms with Gasteiger partial charge in [-0.25, -0.2) is 0 Å². The Hall–Kier alpha value is -1.78. The third kappa shape index (κ3) is 3.92. The predicted molar refractivity (Wildman–Crippen MR) is 117 cm³/mol. The summed E-state index contributed by atoms with van der Waals surface area (Å²) >= 11 is 9.58. The standard InChI is InChI=1S/C22H23BrClNO2/c1-11(2)21-13(4)20(26)17-9-12(3)8-16(22(17)27-21)14(5)25-19-7-6-15(24)10-18(19)23/h6-11,14,25H,1-5H3. The van der Waals surface area contributed by atoms with Crippen LogP contribution in [0.5, 0.6) is 0 Å². The molecule has 0 aliphatic carbocycles. The Morgan fingerprint density at radius 1 is 1.11 bits per heavy atom. The molecule has 0 amide bonds. The van der Waals surface area contributed by atoms with Gasteiger partial charge in [0.1, 0.15) is 11.3 Å². The van der Waals surface area contributed by atoms with Crippen LogP contribution in [0.4, 0.5) is 5.69 Å². The number of hydrogen-bond acceptors (Lipinski definition) is 3. The number of nitrogens with one attached hydrogen (secondary N) is 1. The van der Waals surface area contributed by atoms with Crippen molar-refractivity contribution in [2.75, 3.05) is 5.32 Å². The molecule has 1 aromatic heterocycles. The van der Waals surface area contributed by atoms with Gasteiger partial charge < -0.3 is 9.73 Å². The largest absolute Gasteiger partial charge is 0.460 e. The van der Waals surface area contributed by atoms with Gasteiger partial charge in [-0.1, -0.05) is 31.5 Å². The molecule has 1 atom stereocenters. The summed E-state index contributed by atoms with van der Waals surface area (Å²) in [5, 5.41) is 4.79. The Kier molecular flexibility index (Phi) is 5.68. The highest BCUT2D eigenvalue weighted by molar-refractivity contribution is 9.10. The molecule has 0 aliphatic rings. The summed E-state index contributed by atoms with van der Waals surface area (Å²) in [5.41, 5.74) is 4.32. The maximum atomic E-state index is 12.9. The lowest BCUT2D eigenvalue weighted by atomic mass is 9.98. The molecule has 3 rings (SSSR count).